The topological polar surface area (TPSA) is 51.7 Å². The van der Waals surface area contributed by atoms with Crippen LogP contribution in [-0.4, -0.2) is 42.6 Å². The minimum atomic E-state index is -0.0965. The van der Waals surface area contributed by atoms with Crippen LogP contribution in [0.3, 0.4) is 0 Å². The third kappa shape index (κ3) is 5.17. The summed E-state index contributed by atoms with van der Waals surface area (Å²) in [5.74, 6) is 0.589. The second-order valence-electron chi connectivity index (χ2n) is 5.69. The summed E-state index contributed by atoms with van der Waals surface area (Å²) in [6.07, 6.45) is 0. The predicted molar refractivity (Wildman–Crippen MR) is 104 cm³/mol. The number of carbonyl (C=O) groups is 1. The van der Waals surface area contributed by atoms with Crippen molar-refractivity contribution in [3.8, 4) is 5.75 Å². The van der Waals surface area contributed by atoms with Crippen LogP contribution in [0.4, 0.5) is 0 Å². The number of aromatic nitrogens is 1. The van der Waals surface area contributed by atoms with Gasteiger partial charge in [-0.1, -0.05) is 29.8 Å². The third-order valence-corrected chi connectivity index (χ3v) is 4.95. The van der Waals surface area contributed by atoms with Gasteiger partial charge in [0, 0.05) is 12.1 Å². The van der Waals surface area contributed by atoms with Crippen LogP contribution >= 0.6 is 22.9 Å². The molecule has 0 saturated carbocycles. The molecular weight excluding hydrogens is 372 g/mol. The van der Waals surface area contributed by atoms with Crippen molar-refractivity contribution < 1.29 is 14.3 Å². The van der Waals surface area contributed by atoms with Gasteiger partial charge in [-0.05, 0) is 30.3 Å². The quantitative estimate of drug-likeness (QED) is 0.583. The molecule has 2 aromatic carbocycles. The van der Waals surface area contributed by atoms with Crippen LogP contribution < -0.4 is 4.74 Å². The van der Waals surface area contributed by atoms with Crippen LogP contribution in [-0.2, 0) is 16.1 Å². The van der Waals surface area contributed by atoms with E-state index < -0.39 is 0 Å². The van der Waals surface area contributed by atoms with Gasteiger partial charge < -0.3 is 14.4 Å². The maximum absolute atomic E-state index is 12.1. The second-order valence-corrected chi connectivity index (χ2v) is 7.24. The molecule has 0 N–H and O–H groups in total. The van der Waals surface area contributed by atoms with Crippen molar-refractivity contribution in [2.24, 2.45) is 0 Å². The Morgan fingerprint density at radius 3 is 2.88 bits per heavy atom. The maximum atomic E-state index is 12.1. The van der Waals surface area contributed by atoms with E-state index >= 15 is 0 Å². The zero-order valence-electron chi connectivity index (χ0n) is 14.4. The highest BCUT2D eigenvalue weighted by molar-refractivity contribution is 7.18. The van der Waals surface area contributed by atoms with Crippen molar-refractivity contribution in [2.45, 2.75) is 6.61 Å². The van der Waals surface area contributed by atoms with Gasteiger partial charge >= 0.3 is 0 Å². The van der Waals surface area contributed by atoms with Gasteiger partial charge in [0.2, 0.25) is 5.91 Å². The summed E-state index contributed by atoms with van der Waals surface area (Å²) in [7, 11) is 1.73. The number of ether oxygens (including phenoxy) is 2. The number of nitrogens with zero attached hydrogens (tertiary/aromatic N) is 2. The van der Waals surface area contributed by atoms with Gasteiger partial charge in [-0.3, -0.25) is 4.79 Å². The van der Waals surface area contributed by atoms with E-state index in [0.29, 0.717) is 30.5 Å². The predicted octanol–water partition coefficient (Wildman–Crippen LogP) is 4.00. The number of hydrogen-bond donors (Lipinski definition) is 0. The van der Waals surface area contributed by atoms with Crippen LogP contribution in [0.25, 0.3) is 10.2 Å². The number of hydrogen-bond acceptors (Lipinski definition) is 5. The average Bonchev–Trinajstić information content (AvgIpc) is 3.04. The zero-order chi connectivity index (χ0) is 18.4. The Labute approximate surface area is 161 Å². The molecule has 3 aromatic rings. The molecule has 5 nitrogen and oxygen atoms in total. The van der Waals surface area contributed by atoms with Crippen molar-refractivity contribution in [3.63, 3.8) is 0 Å². The minimum absolute atomic E-state index is 0.0175. The molecular formula is C19H19ClN2O3S. The molecule has 0 radical (unpaired) electrons. The van der Waals surface area contributed by atoms with Crippen LogP contribution in [0.5, 0.6) is 5.75 Å². The monoisotopic (exact) mass is 390 g/mol. The fourth-order valence-electron chi connectivity index (χ4n) is 2.30. The Kier molecular flexibility index (Phi) is 6.44. The smallest absolute Gasteiger partial charge is 0.248 e. The third-order valence-electron chi connectivity index (χ3n) is 3.71. The number of rotatable bonds is 8. The summed E-state index contributed by atoms with van der Waals surface area (Å²) >= 11 is 7.48. The second kappa shape index (κ2) is 8.98. The molecule has 0 aliphatic heterocycles. The highest BCUT2D eigenvalue weighted by Gasteiger charge is 2.10. The minimum Gasteiger partial charge on any atom is -0.492 e. The van der Waals surface area contributed by atoms with Crippen LogP contribution in [0.1, 0.15) is 5.01 Å². The van der Waals surface area contributed by atoms with Crippen molar-refractivity contribution >= 4 is 39.1 Å². The summed E-state index contributed by atoms with van der Waals surface area (Å²) in [5.41, 5.74) is 0.956. The largest absolute Gasteiger partial charge is 0.492 e. The molecule has 0 bridgehead atoms. The first-order valence-electron chi connectivity index (χ1n) is 8.16. The van der Waals surface area contributed by atoms with Gasteiger partial charge in [0.15, 0.2) is 0 Å². The summed E-state index contributed by atoms with van der Waals surface area (Å²) in [6, 6.07) is 15.1. The first-order chi connectivity index (χ1) is 12.6. The normalized spacial score (nSPS) is 10.8. The van der Waals surface area contributed by atoms with E-state index in [2.05, 4.69) is 4.98 Å². The standard InChI is InChI=1S/C19H19ClN2O3S/c1-22(9-10-25-15-6-4-5-14(20)11-15)19(23)13-24-12-18-21-16-7-2-3-8-17(16)26-18/h2-8,11H,9-10,12-13H2,1H3. The Morgan fingerprint density at radius 2 is 2.08 bits per heavy atom. The van der Waals surface area contributed by atoms with E-state index in [1.807, 2.05) is 36.4 Å². The van der Waals surface area contributed by atoms with E-state index in [0.717, 1.165) is 15.2 Å². The van der Waals surface area contributed by atoms with E-state index in [1.165, 1.54) is 0 Å². The van der Waals surface area contributed by atoms with Gasteiger partial charge in [0.25, 0.3) is 0 Å². The average molecular weight is 391 g/mol. The molecule has 136 valence electrons. The van der Waals surface area contributed by atoms with Crippen LogP contribution in [0.15, 0.2) is 48.5 Å². The SMILES string of the molecule is CN(CCOc1cccc(Cl)c1)C(=O)COCc1nc2ccccc2s1. The van der Waals surface area contributed by atoms with E-state index in [9.17, 15) is 4.79 Å². The first kappa shape index (κ1) is 18.6. The lowest BCUT2D eigenvalue weighted by atomic mass is 10.3. The summed E-state index contributed by atoms with van der Waals surface area (Å²) in [6.45, 7) is 1.21. The molecule has 0 aliphatic carbocycles. The molecule has 7 heteroatoms. The number of fused-ring (bicyclic) bond motifs is 1. The molecule has 0 saturated heterocycles. The van der Waals surface area contributed by atoms with E-state index in [1.54, 1.807) is 35.4 Å². The molecule has 0 fully saturated rings. The Balaban J connectivity index is 1.38. The molecule has 1 amide bonds. The lowest BCUT2D eigenvalue weighted by Crippen LogP contribution is -2.33. The van der Waals surface area contributed by atoms with Gasteiger partial charge in [0.1, 0.15) is 24.0 Å². The number of para-hydroxylation sites is 1. The van der Waals surface area contributed by atoms with Crippen LogP contribution in [0, 0.1) is 0 Å². The van der Waals surface area contributed by atoms with Gasteiger partial charge in [-0.15, -0.1) is 11.3 Å². The van der Waals surface area contributed by atoms with Crippen molar-refractivity contribution in [1.82, 2.24) is 9.88 Å². The molecule has 0 aliphatic rings. The molecule has 1 heterocycles. The Morgan fingerprint density at radius 1 is 1.23 bits per heavy atom. The highest BCUT2D eigenvalue weighted by atomic mass is 35.5. The Hall–Kier alpha value is -2.15. The van der Waals surface area contributed by atoms with E-state index in [4.69, 9.17) is 21.1 Å². The van der Waals surface area contributed by atoms with Crippen LogP contribution in [0.2, 0.25) is 5.02 Å². The number of thiazole rings is 1. The molecule has 0 spiro atoms. The molecule has 0 unspecified atom stereocenters. The summed E-state index contributed by atoms with van der Waals surface area (Å²) < 4.78 is 12.2. The molecule has 26 heavy (non-hydrogen) atoms. The van der Waals surface area contributed by atoms with Crippen molar-refractivity contribution in [3.05, 3.63) is 58.6 Å². The number of carbonyl (C=O) groups excluding carboxylic acids is 1. The van der Waals surface area contributed by atoms with E-state index in [-0.39, 0.29) is 12.5 Å². The van der Waals surface area contributed by atoms with Gasteiger partial charge in [-0.25, -0.2) is 4.98 Å². The molecule has 3 rings (SSSR count). The summed E-state index contributed by atoms with van der Waals surface area (Å²) in [5, 5.41) is 1.49. The van der Waals surface area contributed by atoms with Crippen molar-refractivity contribution in [1.29, 1.82) is 0 Å². The number of amides is 1. The van der Waals surface area contributed by atoms with Gasteiger partial charge in [-0.2, -0.15) is 0 Å². The molecule has 0 atom stereocenters. The number of halogens is 1. The Bertz CT molecular complexity index is 851. The fraction of sp³-hybridized carbons (Fsp3) is 0.263. The summed E-state index contributed by atoms with van der Waals surface area (Å²) in [4.78, 5) is 18.2. The first-order valence-corrected chi connectivity index (χ1v) is 9.36. The lowest BCUT2D eigenvalue weighted by molar-refractivity contribution is -0.135. The highest BCUT2D eigenvalue weighted by Crippen LogP contribution is 2.22. The fourth-order valence-corrected chi connectivity index (χ4v) is 3.38. The van der Waals surface area contributed by atoms with Gasteiger partial charge in [0.05, 0.1) is 23.4 Å². The van der Waals surface area contributed by atoms with Crippen molar-refractivity contribution in [2.75, 3.05) is 26.8 Å². The lowest BCUT2D eigenvalue weighted by Gasteiger charge is -2.17. The zero-order valence-corrected chi connectivity index (χ0v) is 15.9. The molecule has 1 aromatic heterocycles. The maximum Gasteiger partial charge on any atom is 0.248 e. The number of benzene rings is 2. The number of likely N-dealkylation sites (N-methyl/N-ethyl adjacent to an activating group) is 1.